The molecule has 1 rings (SSSR count). The fourth-order valence-electron chi connectivity index (χ4n) is 1.36. The van der Waals surface area contributed by atoms with Crippen molar-refractivity contribution in [2.75, 3.05) is 13.2 Å². The number of hydrogen-bond donors (Lipinski definition) is 0. The third-order valence-corrected chi connectivity index (χ3v) is 3.03. The maximum atomic E-state index is 5.65. The molecule has 80 valence electrons. The first kappa shape index (κ1) is 12.2. The minimum absolute atomic E-state index is 0.0138. The van der Waals surface area contributed by atoms with Gasteiger partial charge in [-0.2, -0.15) is 0 Å². The van der Waals surface area contributed by atoms with Crippen molar-refractivity contribution in [1.82, 2.24) is 0 Å². The molecule has 3 heteroatoms. The predicted molar refractivity (Wildman–Crippen MR) is 66.5 cm³/mol. The highest BCUT2D eigenvalue weighted by molar-refractivity contribution is 14.1. The summed E-state index contributed by atoms with van der Waals surface area (Å²) in [6.45, 7) is 5.22. The van der Waals surface area contributed by atoms with Gasteiger partial charge in [-0.25, -0.2) is 0 Å². The predicted octanol–water partition coefficient (Wildman–Crippen LogP) is 3.42. The molecule has 0 saturated carbocycles. The maximum absolute atomic E-state index is 5.65. The Morgan fingerprint density at radius 1 is 1.57 bits per heavy atom. The normalized spacial score (nSPS) is 23.5. The van der Waals surface area contributed by atoms with Crippen LogP contribution in [0.25, 0.3) is 0 Å². The van der Waals surface area contributed by atoms with Gasteiger partial charge in [-0.05, 0) is 35.3 Å². The van der Waals surface area contributed by atoms with Crippen molar-refractivity contribution in [3.05, 3.63) is 22.3 Å². The van der Waals surface area contributed by atoms with Crippen LogP contribution in [0.2, 0.25) is 0 Å². The van der Waals surface area contributed by atoms with Crippen LogP contribution in [0.5, 0.6) is 0 Å². The van der Waals surface area contributed by atoms with Gasteiger partial charge in [0.05, 0.1) is 6.61 Å². The highest BCUT2D eigenvalue weighted by Crippen LogP contribution is 2.15. The number of halogens is 1. The fourth-order valence-corrected chi connectivity index (χ4v) is 1.80. The van der Waals surface area contributed by atoms with E-state index < -0.39 is 0 Å². The van der Waals surface area contributed by atoms with E-state index in [1.165, 1.54) is 18.4 Å². The van der Waals surface area contributed by atoms with Gasteiger partial charge in [0, 0.05) is 6.61 Å². The molecule has 1 heterocycles. The lowest BCUT2D eigenvalue weighted by Crippen LogP contribution is -2.23. The molecule has 1 aliphatic heterocycles. The average Bonchev–Trinajstić information content (AvgIpc) is 2.25. The van der Waals surface area contributed by atoms with Crippen LogP contribution in [0.15, 0.2) is 22.3 Å². The Balaban J connectivity index is 2.20. The summed E-state index contributed by atoms with van der Waals surface area (Å²) < 4.78 is 13.2. The summed E-state index contributed by atoms with van der Waals surface area (Å²) in [6.07, 6.45) is 6.23. The molecule has 14 heavy (non-hydrogen) atoms. The summed E-state index contributed by atoms with van der Waals surface area (Å²) in [4.78, 5) is 0. The highest BCUT2D eigenvalue weighted by atomic mass is 127. The lowest BCUT2D eigenvalue weighted by atomic mass is 10.2. The maximum Gasteiger partial charge on any atom is 0.158 e. The van der Waals surface area contributed by atoms with Crippen LogP contribution in [0, 0.1) is 0 Å². The Morgan fingerprint density at radius 2 is 2.43 bits per heavy atom. The summed E-state index contributed by atoms with van der Waals surface area (Å²) in [6, 6.07) is 0. The van der Waals surface area contributed by atoms with E-state index in [-0.39, 0.29) is 6.29 Å². The van der Waals surface area contributed by atoms with Crippen LogP contribution in [0.1, 0.15) is 25.7 Å². The Morgan fingerprint density at radius 3 is 3.00 bits per heavy atom. The van der Waals surface area contributed by atoms with Gasteiger partial charge < -0.3 is 9.47 Å². The van der Waals surface area contributed by atoms with Crippen molar-refractivity contribution in [3.8, 4) is 0 Å². The standard InChI is InChI=1S/C11H17IO2/c1-2-5-10(8-12)9-14-11-6-3-4-7-13-11/h2,8,11H,1,3-7,9H2. The zero-order valence-corrected chi connectivity index (χ0v) is 10.5. The third kappa shape index (κ3) is 4.57. The highest BCUT2D eigenvalue weighted by Gasteiger charge is 2.13. The van der Waals surface area contributed by atoms with E-state index in [9.17, 15) is 0 Å². The zero-order chi connectivity index (χ0) is 10.2. The molecular formula is C11H17IO2. The van der Waals surface area contributed by atoms with Gasteiger partial charge >= 0.3 is 0 Å². The van der Waals surface area contributed by atoms with Gasteiger partial charge in [0.15, 0.2) is 6.29 Å². The van der Waals surface area contributed by atoms with E-state index in [0.29, 0.717) is 6.61 Å². The summed E-state index contributed by atoms with van der Waals surface area (Å²) in [5.41, 5.74) is 1.26. The SMILES string of the molecule is C=CCC(=CI)COC1CCCCO1. The van der Waals surface area contributed by atoms with Crippen molar-refractivity contribution in [2.24, 2.45) is 0 Å². The lowest BCUT2D eigenvalue weighted by molar-refractivity contribution is -0.157. The second kappa shape index (κ2) is 7.43. The van der Waals surface area contributed by atoms with Gasteiger partial charge in [0.1, 0.15) is 0 Å². The van der Waals surface area contributed by atoms with E-state index >= 15 is 0 Å². The molecule has 0 aromatic carbocycles. The number of allylic oxidation sites excluding steroid dienone is 1. The molecule has 0 amide bonds. The molecular weight excluding hydrogens is 291 g/mol. The van der Waals surface area contributed by atoms with Crippen LogP contribution < -0.4 is 0 Å². The second-order valence-corrected chi connectivity index (χ2v) is 3.99. The first-order chi connectivity index (χ1) is 6.86. The Labute approximate surface area is 99.5 Å². The molecule has 0 aromatic heterocycles. The number of hydrogen-bond acceptors (Lipinski definition) is 2. The Kier molecular flexibility index (Phi) is 6.47. The Bertz CT molecular complexity index is 195. The minimum Gasteiger partial charge on any atom is -0.353 e. The summed E-state index contributed by atoms with van der Waals surface area (Å²) in [5.74, 6) is 0. The van der Waals surface area contributed by atoms with Gasteiger partial charge in [-0.15, -0.1) is 6.58 Å². The smallest absolute Gasteiger partial charge is 0.158 e. The first-order valence-electron chi connectivity index (χ1n) is 4.99. The van der Waals surface area contributed by atoms with Crippen molar-refractivity contribution >= 4 is 22.6 Å². The van der Waals surface area contributed by atoms with Crippen molar-refractivity contribution in [1.29, 1.82) is 0 Å². The average molecular weight is 308 g/mol. The van der Waals surface area contributed by atoms with Crippen molar-refractivity contribution < 1.29 is 9.47 Å². The van der Waals surface area contributed by atoms with Crippen molar-refractivity contribution in [3.63, 3.8) is 0 Å². The zero-order valence-electron chi connectivity index (χ0n) is 8.38. The Hall–Kier alpha value is 0.130. The molecule has 0 bridgehead atoms. The second-order valence-electron chi connectivity index (χ2n) is 3.37. The van der Waals surface area contributed by atoms with Crippen molar-refractivity contribution in [2.45, 2.75) is 32.0 Å². The molecule has 1 atom stereocenters. The van der Waals surface area contributed by atoms with E-state index in [1.54, 1.807) is 0 Å². The van der Waals surface area contributed by atoms with Crippen LogP contribution in [0.4, 0.5) is 0 Å². The molecule has 2 nitrogen and oxygen atoms in total. The molecule has 1 saturated heterocycles. The number of rotatable bonds is 5. The molecule has 1 fully saturated rings. The van der Waals surface area contributed by atoms with E-state index in [2.05, 4.69) is 33.3 Å². The molecule has 0 N–H and O–H groups in total. The van der Waals surface area contributed by atoms with Gasteiger partial charge in [0.2, 0.25) is 0 Å². The summed E-state index contributed by atoms with van der Waals surface area (Å²) >= 11 is 2.24. The monoisotopic (exact) mass is 308 g/mol. The van der Waals surface area contributed by atoms with E-state index in [1.807, 2.05) is 6.08 Å². The molecule has 0 aromatic rings. The molecule has 0 spiro atoms. The quantitative estimate of drug-likeness (QED) is 0.572. The fraction of sp³-hybridized carbons (Fsp3) is 0.636. The summed E-state index contributed by atoms with van der Waals surface area (Å²) in [7, 11) is 0. The van der Waals surface area contributed by atoms with E-state index in [4.69, 9.17) is 9.47 Å². The number of ether oxygens (including phenoxy) is 2. The van der Waals surface area contributed by atoms with Crippen LogP contribution in [0.3, 0.4) is 0 Å². The van der Waals surface area contributed by atoms with Gasteiger partial charge in [0.25, 0.3) is 0 Å². The topological polar surface area (TPSA) is 18.5 Å². The summed E-state index contributed by atoms with van der Waals surface area (Å²) in [5, 5.41) is 0. The van der Waals surface area contributed by atoms with Crippen LogP contribution >= 0.6 is 22.6 Å². The van der Waals surface area contributed by atoms with Crippen LogP contribution in [-0.2, 0) is 9.47 Å². The first-order valence-corrected chi connectivity index (χ1v) is 6.23. The largest absolute Gasteiger partial charge is 0.353 e. The van der Waals surface area contributed by atoms with E-state index in [0.717, 1.165) is 19.4 Å². The third-order valence-electron chi connectivity index (χ3n) is 2.15. The minimum atomic E-state index is 0.0138. The molecule has 1 unspecified atom stereocenters. The van der Waals surface area contributed by atoms with Gasteiger partial charge in [-0.3, -0.25) is 0 Å². The van der Waals surface area contributed by atoms with Gasteiger partial charge in [-0.1, -0.05) is 28.7 Å². The van der Waals surface area contributed by atoms with Crippen LogP contribution in [-0.4, -0.2) is 19.5 Å². The molecule has 0 radical (unpaired) electrons. The lowest BCUT2D eigenvalue weighted by Gasteiger charge is -2.23. The molecule has 0 aliphatic carbocycles. The molecule has 1 aliphatic rings.